The second kappa shape index (κ2) is 5.97. The maximum absolute atomic E-state index is 6.08. The van der Waals surface area contributed by atoms with E-state index in [4.69, 9.17) is 11.6 Å². The molecule has 1 fully saturated rings. The van der Waals surface area contributed by atoms with Gasteiger partial charge in [0.2, 0.25) is 0 Å². The maximum Gasteiger partial charge on any atom is 0.0494 e. The number of aryl methyl sites for hydroxylation is 1. The number of rotatable bonds is 3. The molecule has 0 spiro atoms. The van der Waals surface area contributed by atoms with Crippen molar-refractivity contribution < 1.29 is 0 Å². The van der Waals surface area contributed by atoms with Crippen LogP contribution in [0.4, 0.5) is 5.69 Å². The molecule has 1 aliphatic heterocycles. The number of benzene rings is 1. The predicted octanol–water partition coefficient (Wildman–Crippen LogP) is 4.61. The first-order chi connectivity index (χ1) is 8.61. The number of anilines is 1. The summed E-state index contributed by atoms with van der Waals surface area (Å²) in [5, 5.41) is 0. The number of hydrogen-bond acceptors (Lipinski definition) is 1. The van der Waals surface area contributed by atoms with Crippen molar-refractivity contribution in [3.63, 3.8) is 0 Å². The lowest BCUT2D eigenvalue weighted by atomic mass is 9.86. The van der Waals surface area contributed by atoms with Crippen LogP contribution in [0, 0.1) is 18.8 Å². The highest BCUT2D eigenvalue weighted by Gasteiger charge is 2.22. The fourth-order valence-corrected chi connectivity index (χ4v) is 3.15. The summed E-state index contributed by atoms with van der Waals surface area (Å²) in [7, 11) is 0. The van der Waals surface area contributed by atoms with Gasteiger partial charge in [0.05, 0.1) is 0 Å². The van der Waals surface area contributed by atoms with E-state index < -0.39 is 0 Å². The van der Waals surface area contributed by atoms with Gasteiger partial charge in [-0.05, 0) is 43.2 Å². The van der Waals surface area contributed by atoms with Crippen LogP contribution >= 0.6 is 11.6 Å². The first-order valence-corrected chi connectivity index (χ1v) is 7.55. The Bertz CT molecular complexity index is 392. The summed E-state index contributed by atoms with van der Waals surface area (Å²) in [6.07, 6.45) is 2.63. The van der Waals surface area contributed by atoms with E-state index in [1.54, 1.807) is 0 Å². The lowest BCUT2D eigenvalue weighted by Gasteiger charge is -2.36. The summed E-state index contributed by atoms with van der Waals surface area (Å²) in [5.41, 5.74) is 3.92. The molecule has 0 atom stereocenters. The van der Waals surface area contributed by atoms with Gasteiger partial charge in [-0.15, -0.1) is 11.6 Å². The van der Waals surface area contributed by atoms with Gasteiger partial charge in [0, 0.05) is 24.7 Å². The molecular weight excluding hydrogens is 242 g/mol. The Labute approximate surface area is 116 Å². The van der Waals surface area contributed by atoms with Gasteiger partial charge in [0.1, 0.15) is 0 Å². The Morgan fingerprint density at radius 1 is 1.28 bits per heavy atom. The lowest BCUT2D eigenvalue weighted by molar-refractivity contribution is 0.311. The Morgan fingerprint density at radius 3 is 2.50 bits per heavy atom. The standard InChI is InChI=1S/C16H24ClN/c1-12(2)14-6-8-18(9-7-14)16-5-4-13(3)10-15(16)11-17/h4-5,10,12,14H,6-9,11H2,1-3H3. The van der Waals surface area contributed by atoms with Crippen molar-refractivity contribution in [1.29, 1.82) is 0 Å². The van der Waals surface area contributed by atoms with E-state index in [9.17, 15) is 0 Å². The number of piperidine rings is 1. The molecule has 0 unspecified atom stereocenters. The normalized spacial score (nSPS) is 17.5. The van der Waals surface area contributed by atoms with Gasteiger partial charge < -0.3 is 4.90 Å². The minimum atomic E-state index is 0.612. The topological polar surface area (TPSA) is 3.24 Å². The van der Waals surface area contributed by atoms with Crippen LogP contribution < -0.4 is 4.90 Å². The second-order valence-electron chi connectivity index (χ2n) is 5.83. The lowest BCUT2D eigenvalue weighted by Crippen LogP contribution is -2.35. The van der Waals surface area contributed by atoms with Crippen molar-refractivity contribution in [2.45, 2.75) is 39.5 Å². The van der Waals surface area contributed by atoms with Crippen molar-refractivity contribution in [2.75, 3.05) is 18.0 Å². The molecule has 2 rings (SSSR count). The minimum absolute atomic E-state index is 0.612. The van der Waals surface area contributed by atoms with Crippen molar-refractivity contribution in [3.8, 4) is 0 Å². The van der Waals surface area contributed by atoms with Gasteiger partial charge in [-0.1, -0.05) is 31.5 Å². The van der Waals surface area contributed by atoms with Gasteiger partial charge in [-0.25, -0.2) is 0 Å². The molecule has 1 aromatic rings. The van der Waals surface area contributed by atoms with Gasteiger partial charge in [0.25, 0.3) is 0 Å². The molecule has 1 nitrogen and oxygen atoms in total. The van der Waals surface area contributed by atoms with Crippen LogP contribution in [-0.4, -0.2) is 13.1 Å². The van der Waals surface area contributed by atoms with Crippen LogP contribution in [0.5, 0.6) is 0 Å². The van der Waals surface area contributed by atoms with Crippen molar-refractivity contribution >= 4 is 17.3 Å². The molecule has 18 heavy (non-hydrogen) atoms. The molecule has 0 aliphatic carbocycles. The summed E-state index contributed by atoms with van der Waals surface area (Å²) in [5.74, 6) is 2.32. The molecule has 0 bridgehead atoms. The van der Waals surface area contributed by atoms with E-state index in [1.807, 2.05) is 0 Å². The van der Waals surface area contributed by atoms with Crippen LogP contribution in [0.1, 0.15) is 37.8 Å². The largest absolute Gasteiger partial charge is 0.371 e. The summed E-state index contributed by atoms with van der Waals surface area (Å²) >= 11 is 6.08. The summed E-state index contributed by atoms with van der Waals surface area (Å²) in [4.78, 5) is 2.51. The highest BCUT2D eigenvalue weighted by atomic mass is 35.5. The van der Waals surface area contributed by atoms with Crippen molar-refractivity contribution in [1.82, 2.24) is 0 Å². The second-order valence-corrected chi connectivity index (χ2v) is 6.10. The molecular formula is C16H24ClN. The average molecular weight is 266 g/mol. The number of alkyl halides is 1. The van der Waals surface area contributed by atoms with Gasteiger partial charge in [0.15, 0.2) is 0 Å². The fraction of sp³-hybridized carbons (Fsp3) is 0.625. The highest BCUT2D eigenvalue weighted by molar-refractivity contribution is 6.17. The zero-order chi connectivity index (χ0) is 13.1. The van der Waals surface area contributed by atoms with E-state index in [2.05, 4.69) is 43.9 Å². The Hall–Kier alpha value is -0.690. The number of hydrogen-bond donors (Lipinski definition) is 0. The summed E-state index contributed by atoms with van der Waals surface area (Å²) in [6.45, 7) is 9.17. The van der Waals surface area contributed by atoms with Crippen molar-refractivity contribution in [3.05, 3.63) is 29.3 Å². The van der Waals surface area contributed by atoms with Crippen molar-refractivity contribution in [2.24, 2.45) is 11.8 Å². The fourth-order valence-electron chi connectivity index (χ4n) is 2.94. The smallest absolute Gasteiger partial charge is 0.0494 e. The van der Waals surface area contributed by atoms with E-state index >= 15 is 0 Å². The molecule has 1 saturated heterocycles. The molecule has 1 aromatic carbocycles. The van der Waals surface area contributed by atoms with Gasteiger partial charge >= 0.3 is 0 Å². The average Bonchev–Trinajstić information content (AvgIpc) is 2.38. The Kier molecular flexibility index (Phi) is 4.55. The highest BCUT2D eigenvalue weighted by Crippen LogP contribution is 2.30. The molecule has 1 aliphatic rings. The predicted molar refractivity (Wildman–Crippen MR) is 80.5 cm³/mol. The third kappa shape index (κ3) is 3.00. The van der Waals surface area contributed by atoms with E-state index in [0.29, 0.717) is 5.88 Å². The zero-order valence-corrected chi connectivity index (χ0v) is 12.5. The van der Waals surface area contributed by atoms with Crippen LogP contribution in [0.3, 0.4) is 0 Å². The molecule has 0 saturated carbocycles. The SMILES string of the molecule is Cc1ccc(N2CCC(C(C)C)CC2)c(CCl)c1. The van der Waals surface area contributed by atoms with Crippen LogP contribution in [-0.2, 0) is 5.88 Å². The summed E-state index contributed by atoms with van der Waals surface area (Å²) in [6, 6.07) is 6.65. The van der Waals surface area contributed by atoms with Crippen LogP contribution in [0.25, 0.3) is 0 Å². The third-order valence-electron chi connectivity index (χ3n) is 4.20. The van der Waals surface area contributed by atoms with Gasteiger partial charge in [-0.2, -0.15) is 0 Å². The molecule has 100 valence electrons. The Balaban J connectivity index is 2.09. The monoisotopic (exact) mass is 265 g/mol. The number of nitrogens with zero attached hydrogens (tertiary/aromatic N) is 1. The molecule has 0 aromatic heterocycles. The van der Waals surface area contributed by atoms with Gasteiger partial charge in [-0.3, -0.25) is 0 Å². The first-order valence-electron chi connectivity index (χ1n) is 7.02. The zero-order valence-electron chi connectivity index (χ0n) is 11.7. The Morgan fingerprint density at radius 2 is 1.94 bits per heavy atom. The molecule has 2 heteroatoms. The van der Waals surface area contributed by atoms with Crippen LogP contribution in [0.2, 0.25) is 0 Å². The van der Waals surface area contributed by atoms with E-state index in [0.717, 1.165) is 11.8 Å². The molecule has 1 heterocycles. The molecule has 0 amide bonds. The van der Waals surface area contributed by atoms with E-state index in [-0.39, 0.29) is 0 Å². The first kappa shape index (κ1) is 13.7. The number of halogens is 1. The van der Waals surface area contributed by atoms with Crippen LogP contribution in [0.15, 0.2) is 18.2 Å². The summed E-state index contributed by atoms with van der Waals surface area (Å²) < 4.78 is 0. The third-order valence-corrected chi connectivity index (χ3v) is 4.49. The quantitative estimate of drug-likeness (QED) is 0.722. The minimum Gasteiger partial charge on any atom is -0.371 e. The maximum atomic E-state index is 6.08. The molecule has 0 radical (unpaired) electrons. The van der Waals surface area contributed by atoms with E-state index in [1.165, 1.54) is 42.7 Å². The molecule has 0 N–H and O–H groups in total.